The Labute approximate surface area is 155 Å². The van der Waals surface area contributed by atoms with Crippen LogP contribution in [0.3, 0.4) is 0 Å². The summed E-state index contributed by atoms with van der Waals surface area (Å²) >= 11 is 0. The molecule has 142 valence electrons. The number of nitrogens with zero attached hydrogens (tertiary/aromatic N) is 8. The lowest BCUT2D eigenvalue weighted by atomic mass is 9.92. The molecule has 0 amide bonds. The standard InChI is InChI=1S/C18H30N8/c1-12(2)16-20-22-18-14(9-24(5)11-26(16)18)8-13(3)17-21-19-15-10-23(4)6-7-25(15)17/h12-14H,6-11H2,1-5H3. The smallest absolute Gasteiger partial charge is 0.147 e. The molecule has 0 aromatic carbocycles. The molecule has 2 aromatic heterocycles. The van der Waals surface area contributed by atoms with Crippen LogP contribution < -0.4 is 0 Å². The highest BCUT2D eigenvalue weighted by Crippen LogP contribution is 2.33. The monoisotopic (exact) mass is 358 g/mol. The lowest BCUT2D eigenvalue weighted by Crippen LogP contribution is -2.36. The van der Waals surface area contributed by atoms with Crippen LogP contribution in [0, 0.1) is 0 Å². The molecule has 0 aliphatic carbocycles. The molecule has 8 heteroatoms. The van der Waals surface area contributed by atoms with Crippen molar-refractivity contribution in [3.05, 3.63) is 23.3 Å². The van der Waals surface area contributed by atoms with Gasteiger partial charge in [0, 0.05) is 37.4 Å². The Morgan fingerprint density at radius 3 is 2.46 bits per heavy atom. The average Bonchev–Trinajstić information content (AvgIpc) is 3.18. The number of hydrogen-bond donors (Lipinski definition) is 0. The van der Waals surface area contributed by atoms with E-state index in [9.17, 15) is 0 Å². The number of hydrogen-bond acceptors (Lipinski definition) is 6. The molecule has 0 fully saturated rings. The molecule has 2 aromatic rings. The minimum atomic E-state index is 0.351. The molecule has 0 saturated heterocycles. The average molecular weight is 358 g/mol. The van der Waals surface area contributed by atoms with Crippen molar-refractivity contribution in [2.45, 2.75) is 64.7 Å². The van der Waals surface area contributed by atoms with Gasteiger partial charge in [-0.3, -0.25) is 9.80 Å². The van der Waals surface area contributed by atoms with Gasteiger partial charge in [0.25, 0.3) is 0 Å². The van der Waals surface area contributed by atoms with E-state index in [0.717, 1.165) is 62.6 Å². The van der Waals surface area contributed by atoms with E-state index in [1.165, 1.54) is 0 Å². The normalized spacial score (nSPS) is 22.5. The van der Waals surface area contributed by atoms with Gasteiger partial charge in [-0.2, -0.15) is 0 Å². The van der Waals surface area contributed by atoms with Crippen molar-refractivity contribution in [3.8, 4) is 0 Å². The minimum absolute atomic E-state index is 0.351. The van der Waals surface area contributed by atoms with Crippen molar-refractivity contribution in [1.29, 1.82) is 0 Å². The quantitative estimate of drug-likeness (QED) is 0.827. The van der Waals surface area contributed by atoms with Gasteiger partial charge >= 0.3 is 0 Å². The Bertz CT molecular complexity index is 776. The number of likely N-dealkylation sites (N-methyl/N-ethyl adjacent to an activating group) is 2. The summed E-state index contributed by atoms with van der Waals surface area (Å²) in [5, 5.41) is 18.0. The molecule has 2 unspecified atom stereocenters. The highest BCUT2D eigenvalue weighted by Gasteiger charge is 2.32. The summed E-state index contributed by atoms with van der Waals surface area (Å²) in [6.45, 7) is 11.5. The molecular formula is C18H30N8. The third-order valence-corrected chi connectivity index (χ3v) is 5.66. The van der Waals surface area contributed by atoms with Gasteiger partial charge in [-0.25, -0.2) is 0 Å². The first-order chi connectivity index (χ1) is 12.4. The second-order valence-electron chi connectivity index (χ2n) is 8.38. The summed E-state index contributed by atoms with van der Waals surface area (Å²) < 4.78 is 4.63. The summed E-state index contributed by atoms with van der Waals surface area (Å²) in [5.41, 5.74) is 0. The van der Waals surface area contributed by atoms with Crippen molar-refractivity contribution in [2.75, 3.05) is 27.2 Å². The molecule has 0 N–H and O–H groups in total. The molecule has 26 heavy (non-hydrogen) atoms. The zero-order valence-electron chi connectivity index (χ0n) is 16.6. The van der Waals surface area contributed by atoms with Gasteiger partial charge in [0.2, 0.25) is 0 Å². The zero-order chi connectivity index (χ0) is 18.4. The Morgan fingerprint density at radius 2 is 1.69 bits per heavy atom. The third kappa shape index (κ3) is 3.05. The Hall–Kier alpha value is -1.80. The summed E-state index contributed by atoms with van der Waals surface area (Å²) in [5.74, 6) is 5.56. The molecule has 2 atom stereocenters. The second kappa shape index (κ2) is 6.74. The first kappa shape index (κ1) is 17.6. The summed E-state index contributed by atoms with van der Waals surface area (Å²) in [4.78, 5) is 4.67. The van der Waals surface area contributed by atoms with Crippen LogP contribution in [-0.2, 0) is 19.8 Å². The first-order valence-corrected chi connectivity index (χ1v) is 9.66. The largest absolute Gasteiger partial charge is 0.312 e. The molecule has 2 aliphatic heterocycles. The minimum Gasteiger partial charge on any atom is -0.312 e. The topological polar surface area (TPSA) is 67.9 Å². The van der Waals surface area contributed by atoms with Crippen LogP contribution in [0.4, 0.5) is 0 Å². The van der Waals surface area contributed by atoms with E-state index in [1.807, 2.05) is 0 Å². The van der Waals surface area contributed by atoms with Crippen LogP contribution in [0.5, 0.6) is 0 Å². The second-order valence-corrected chi connectivity index (χ2v) is 8.38. The molecule has 0 spiro atoms. The maximum Gasteiger partial charge on any atom is 0.147 e. The Morgan fingerprint density at radius 1 is 0.923 bits per heavy atom. The number of rotatable bonds is 4. The molecule has 4 rings (SSSR count). The Balaban J connectivity index is 1.57. The predicted octanol–water partition coefficient (Wildman–Crippen LogP) is 1.62. The molecule has 2 aliphatic rings. The van der Waals surface area contributed by atoms with Gasteiger partial charge in [0.15, 0.2) is 0 Å². The van der Waals surface area contributed by atoms with E-state index in [-0.39, 0.29) is 0 Å². The summed E-state index contributed by atoms with van der Waals surface area (Å²) in [6.07, 6.45) is 1.02. The van der Waals surface area contributed by atoms with Crippen LogP contribution in [0.15, 0.2) is 0 Å². The SMILES string of the molecule is CC(C)c1nnc2n1CN(C)CC2CC(C)c1nnc2n1CCN(C)C2. The fourth-order valence-electron chi connectivity index (χ4n) is 4.34. The summed E-state index contributed by atoms with van der Waals surface area (Å²) in [6, 6.07) is 0. The highest BCUT2D eigenvalue weighted by atomic mass is 15.4. The van der Waals surface area contributed by atoms with Crippen molar-refractivity contribution in [1.82, 2.24) is 39.3 Å². The molecule has 0 saturated carbocycles. The third-order valence-electron chi connectivity index (χ3n) is 5.66. The van der Waals surface area contributed by atoms with Crippen LogP contribution in [0.1, 0.15) is 68.2 Å². The fraction of sp³-hybridized carbons (Fsp3) is 0.778. The van der Waals surface area contributed by atoms with E-state index in [4.69, 9.17) is 0 Å². The van der Waals surface area contributed by atoms with E-state index in [0.29, 0.717) is 17.8 Å². The van der Waals surface area contributed by atoms with Gasteiger partial charge in [0.05, 0.1) is 13.2 Å². The van der Waals surface area contributed by atoms with Crippen LogP contribution in [0.25, 0.3) is 0 Å². The van der Waals surface area contributed by atoms with E-state index in [1.54, 1.807) is 0 Å². The Kier molecular flexibility index (Phi) is 4.56. The molecule has 0 radical (unpaired) electrons. The molecular weight excluding hydrogens is 328 g/mol. The van der Waals surface area contributed by atoms with Gasteiger partial charge in [-0.1, -0.05) is 20.8 Å². The van der Waals surface area contributed by atoms with Crippen LogP contribution in [-0.4, -0.2) is 66.5 Å². The molecule has 0 bridgehead atoms. The fourth-order valence-corrected chi connectivity index (χ4v) is 4.34. The lowest BCUT2D eigenvalue weighted by Gasteiger charge is -2.32. The summed E-state index contributed by atoms with van der Waals surface area (Å²) in [7, 11) is 4.32. The lowest BCUT2D eigenvalue weighted by molar-refractivity contribution is 0.195. The van der Waals surface area contributed by atoms with E-state index in [2.05, 4.69) is 74.2 Å². The molecule has 4 heterocycles. The van der Waals surface area contributed by atoms with E-state index >= 15 is 0 Å². The maximum absolute atomic E-state index is 4.56. The molecule has 8 nitrogen and oxygen atoms in total. The van der Waals surface area contributed by atoms with Crippen LogP contribution >= 0.6 is 0 Å². The van der Waals surface area contributed by atoms with Crippen molar-refractivity contribution < 1.29 is 0 Å². The first-order valence-electron chi connectivity index (χ1n) is 9.66. The van der Waals surface area contributed by atoms with Gasteiger partial charge < -0.3 is 9.13 Å². The number of fused-ring (bicyclic) bond motifs is 2. The van der Waals surface area contributed by atoms with Gasteiger partial charge in [-0.05, 0) is 20.5 Å². The number of aromatic nitrogens is 6. The predicted molar refractivity (Wildman–Crippen MR) is 98.9 cm³/mol. The maximum atomic E-state index is 4.56. The van der Waals surface area contributed by atoms with Crippen LogP contribution in [0.2, 0.25) is 0 Å². The van der Waals surface area contributed by atoms with E-state index < -0.39 is 0 Å². The van der Waals surface area contributed by atoms with Crippen molar-refractivity contribution in [2.24, 2.45) is 0 Å². The van der Waals surface area contributed by atoms with Crippen molar-refractivity contribution >= 4 is 0 Å². The van der Waals surface area contributed by atoms with Crippen molar-refractivity contribution in [3.63, 3.8) is 0 Å². The van der Waals surface area contributed by atoms with Gasteiger partial charge in [-0.15, -0.1) is 20.4 Å². The highest BCUT2D eigenvalue weighted by molar-refractivity contribution is 5.11. The van der Waals surface area contributed by atoms with Gasteiger partial charge in [0.1, 0.15) is 23.3 Å². The zero-order valence-corrected chi connectivity index (χ0v) is 16.6.